The van der Waals surface area contributed by atoms with Gasteiger partial charge < -0.3 is 4.90 Å². The summed E-state index contributed by atoms with van der Waals surface area (Å²) in [6.45, 7) is 2.73. The second-order valence-corrected chi connectivity index (χ2v) is 9.21. The van der Waals surface area contributed by atoms with Gasteiger partial charge in [0, 0.05) is 36.8 Å². The smallest absolute Gasteiger partial charge is 0.243 e. The lowest BCUT2D eigenvalue weighted by atomic mass is 9.85. The molecule has 5 heteroatoms. The van der Waals surface area contributed by atoms with E-state index in [-0.39, 0.29) is 5.54 Å². The predicted molar refractivity (Wildman–Crippen MR) is 120 cm³/mol. The molecular formula is C26H28N4O. The van der Waals surface area contributed by atoms with Crippen molar-refractivity contribution < 1.29 is 4.79 Å². The van der Waals surface area contributed by atoms with Crippen LogP contribution in [0.5, 0.6) is 0 Å². The van der Waals surface area contributed by atoms with E-state index in [9.17, 15) is 4.79 Å². The first-order valence-corrected chi connectivity index (χ1v) is 11.5. The van der Waals surface area contributed by atoms with Crippen molar-refractivity contribution in [2.45, 2.75) is 37.3 Å². The molecule has 3 aliphatic rings. The van der Waals surface area contributed by atoms with Crippen molar-refractivity contribution in [3.8, 4) is 5.69 Å². The van der Waals surface area contributed by atoms with Gasteiger partial charge >= 0.3 is 0 Å². The lowest BCUT2D eigenvalue weighted by Gasteiger charge is -2.33. The summed E-state index contributed by atoms with van der Waals surface area (Å²) in [7, 11) is 0. The van der Waals surface area contributed by atoms with Crippen molar-refractivity contribution in [3.63, 3.8) is 0 Å². The van der Waals surface area contributed by atoms with E-state index < -0.39 is 0 Å². The highest BCUT2D eigenvalue weighted by molar-refractivity contribution is 5.90. The molecule has 0 saturated carbocycles. The molecule has 6 rings (SSSR count). The lowest BCUT2D eigenvalue weighted by molar-refractivity contribution is -0.136. The molecule has 0 bridgehead atoms. The van der Waals surface area contributed by atoms with Crippen molar-refractivity contribution in [3.05, 3.63) is 84.2 Å². The molecule has 0 unspecified atom stereocenters. The number of carbonyl (C=O) groups excluding carboxylic acids is 1. The SMILES string of the molecule is O=C1N(CCc2ccccc2)C[C@@H]2C[C@@H](c3cnn(-c4ccccc4)c3)N3CCC[C@@]123. The molecule has 31 heavy (non-hydrogen) atoms. The Morgan fingerprint density at radius 3 is 2.61 bits per heavy atom. The monoisotopic (exact) mass is 412 g/mol. The van der Waals surface area contributed by atoms with Crippen LogP contribution in [0.3, 0.4) is 0 Å². The summed E-state index contributed by atoms with van der Waals surface area (Å²) >= 11 is 0. The Kier molecular flexibility index (Phi) is 4.46. The number of para-hydroxylation sites is 1. The van der Waals surface area contributed by atoms with Gasteiger partial charge in [-0.25, -0.2) is 4.68 Å². The van der Waals surface area contributed by atoms with Crippen molar-refractivity contribution in [1.29, 1.82) is 0 Å². The van der Waals surface area contributed by atoms with Crippen LogP contribution < -0.4 is 0 Å². The number of likely N-dealkylation sites (tertiary alicyclic amines) is 1. The van der Waals surface area contributed by atoms with Gasteiger partial charge in [0.1, 0.15) is 5.54 Å². The molecule has 2 aromatic carbocycles. The standard InChI is InChI=1S/C26H28N4O/c31-25-26-13-7-14-29(26)24(21-17-27-30(18-21)23-10-5-2-6-11-23)16-22(26)19-28(25)15-12-20-8-3-1-4-9-20/h1-6,8-11,17-18,22,24H,7,12-16,19H2/t22-,24-,26-/m0/s1. The number of benzene rings is 2. The summed E-state index contributed by atoms with van der Waals surface area (Å²) in [6, 6.07) is 21.1. The molecule has 1 spiro atoms. The second kappa shape index (κ2) is 7.34. The first-order chi connectivity index (χ1) is 15.3. The van der Waals surface area contributed by atoms with E-state index in [2.05, 4.69) is 57.5 Å². The molecule has 158 valence electrons. The zero-order valence-corrected chi connectivity index (χ0v) is 17.7. The fourth-order valence-electron chi connectivity index (χ4n) is 6.23. The van der Waals surface area contributed by atoms with Gasteiger partial charge in [0.05, 0.1) is 11.9 Å². The molecule has 0 radical (unpaired) electrons. The van der Waals surface area contributed by atoms with Crippen LogP contribution >= 0.6 is 0 Å². The van der Waals surface area contributed by atoms with Gasteiger partial charge in [0.25, 0.3) is 0 Å². The molecule has 3 atom stereocenters. The Labute approximate surface area is 183 Å². The van der Waals surface area contributed by atoms with Gasteiger partial charge in [-0.15, -0.1) is 0 Å². The number of carbonyl (C=O) groups is 1. The number of hydrogen-bond donors (Lipinski definition) is 0. The number of amides is 1. The van der Waals surface area contributed by atoms with Crippen LogP contribution in [0, 0.1) is 5.92 Å². The maximum absolute atomic E-state index is 13.7. The molecule has 3 aliphatic heterocycles. The first-order valence-electron chi connectivity index (χ1n) is 11.5. The molecule has 3 saturated heterocycles. The van der Waals surface area contributed by atoms with E-state index in [0.717, 1.165) is 51.0 Å². The Bertz CT molecular complexity index is 1080. The topological polar surface area (TPSA) is 41.4 Å². The molecule has 4 heterocycles. The number of nitrogens with zero attached hydrogens (tertiary/aromatic N) is 4. The molecule has 0 aliphatic carbocycles. The molecule has 3 aromatic rings. The minimum Gasteiger partial charge on any atom is -0.340 e. The average molecular weight is 413 g/mol. The predicted octanol–water partition coefficient (Wildman–Crippen LogP) is 3.85. The van der Waals surface area contributed by atoms with Gasteiger partial charge in [-0.2, -0.15) is 5.10 Å². The minimum atomic E-state index is -0.282. The average Bonchev–Trinajstić information content (AvgIpc) is 3.57. The third-order valence-corrected chi connectivity index (χ3v) is 7.65. The number of aromatic nitrogens is 2. The maximum Gasteiger partial charge on any atom is 0.243 e. The van der Waals surface area contributed by atoms with Crippen LogP contribution in [0.15, 0.2) is 73.1 Å². The highest BCUT2D eigenvalue weighted by Gasteiger charge is 2.65. The van der Waals surface area contributed by atoms with E-state index in [0.29, 0.717) is 17.9 Å². The van der Waals surface area contributed by atoms with Crippen molar-refractivity contribution in [2.24, 2.45) is 5.92 Å². The normalized spacial score (nSPS) is 27.6. The fourth-order valence-corrected chi connectivity index (χ4v) is 6.23. The van der Waals surface area contributed by atoms with E-state index in [1.165, 1.54) is 11.1 Å². The number of rotatable bonds is 5. The zero-order chi connectivity index (χ0) is 20.8. The molecule has 1 amide bonds. The molecule has 0 N–H and O–H groups in total. The summed E-state index contributed by atoms with van der Waals surface area (Å²) in [5.41, 5.74) is 3.34. The van der Waals surface area contributed by atoms with Crippen molar-refractivity contribution >= 4 is 5.91 Å². The highest BCUT2D eigenvalue weighted by atomic mass is 16.2. The minimum absolute atomic E-state index is 0.282. The van der Waals surface area contributed by atoms with Crippen LogP contribution in [0.2, 0.25) is 0 Å². The van der Waals surface area contributed by atoms with Crippen molar-refractivity contribution in [2.75, 3.05) is 19.6 Å². The van der Waals surface area contributed by atoms with E-state index in [1.54, 1.807) is 0 Å². The molecule has 5 nitrogen and oxygen atoms in total. The maximum atomic E-state index is 13.7. The zero-order valence-electron chi connectivity index (χ0n) is 17.7. The van der Waals surface area contributed by atoms with Gasteiger partial charge in [-0.1, -0.05) is 48.5 Å². The molecular weight excluding hydrogens is 384 g/mol. The Balaban J connectivity index is 1.22. The van der Waals surface area contributed by atoms with Crippen LogP contribution in [-0.4, -0.2) is 50.7 Å². The summed E-state index contributed by atoms with van der Waals surface area (Å²) < 4.78 is 1.96. The van der Waals surface area contributed by atoms with Gasteiger partial charge in [0.15, 0.2) is 0 Å². The largest absolute Gasteiger partial charge is 0.340 e. The highest BCUT2D eigenvalue weighted by Crippen LogP contribution is 2.55. The summed E-state index contributed by atoms with van der Waals surface area (Å²) in [5, 5.41) is 4.63. The fraction of sp³-hybridized carbons (Fsp3) is 0.385. The van der Waals surface area contributed by atoms with E-state index in [1.807, 2.05) is 35.1 Å². The van der Waals surface area contributed by atoms with Gasteiger partial charge in [-0.3, -0.25) is 9.69 Å². The van der Waals surface area contributed by atoms with E-state index in [4.69, 9.17) is 0 Å². The van der Waals surface area contributed by atoms with Crippen LogP contribution in [0.25, 0.3) is 5.69 Å². The lowest BCUT2D eigenvalue weighted by Crippen LogP contribution is -2.49. The van der Waals surface area contributed by atoms with Gasteiger partial charge in [-0.05, 0) is 49.9 Å². The quantitative estimate of drug-likeness (QED) is 0.639. The third kappa shape index (κ3) is 2.94. The van der Waals surface area contributed by atoms with Crippen molar-refractivity contribution in [1.82, 2.24) is 19.6 Å². The van der Waals surface area contributed by atoms with Gasteiger partial charge in [0.2, 0.25) is 5.91 Å². The van der Waals surface area contributed by atoms with E-state index >= 15 is 0 Å². The second-order valence-electron chi connectivity index (χ2n) is 9.21. The third-order valence-electron chi connectivity index (χ3n) is 7.65. The molecule has 3 fully saturated rings. The Morgan fingerprint density at radius 2 is 1.81 bits per heavy atom. The van der Waals surface area contributed by atoms with Crippen LogP contribution in [0.1, 0.15) is 36.4 Å². The number of hydrogen-bond acceptors (Lipinski definition) is 3. The summed E-state index contributed by atoms with van der Waals surface area (Å²) in [4.78, 5) is 18.3. The van der Waals surface area contributed by atoms with Crippen LogP contribution in [0.4, 0.5) is 0 Å². The summed E-state index contributed by atoms with van der Waals surface area (Å²) in [6.07, 6.45) is 8.25. The molecule has 1 aromatic heterocycles. The summed E-state index contributed by atoms with van der Waals surface area (Å²) in [5.74, 6) is 0.784. The Morgan fingerprint density at radius 1 is 1.03 bits per heavy atom. The Hall–Kier alpha value is -2.92. The van der Waals surface area contributed by atoms with Crippen LogP contribution in [-0.2, 0) is 11.2 Å². The first kappa shape index (κ1) is 18.8.